The molecule has 0 unspecified atom stereocenters. The van der Waals surface area contributed by atoms with E-state index in [-0.39, 0.29) is 0 Å². The van der Waals surface area contributed by atoms with Crippen molar-refractivity contribution in [2.75, 3.05) is 0 Å². The average Bonchev–Trinajstić information content (AvgIpc) is 3.04. The first kappa shape index (κ1) is 11.9. The summed E-state index contributed by atoms with van der Waals surface area (Å²) in [5.74, 6) is 0. The van der Waals surface area contributed by atoms with Gasteiger partial charge in [0.1, 0.15) is 0 Å². The van der Waals surface area contributed by atoms with Crippen molar-refractivity contribution >= 4 is 10.8 Å². The van der Waals surface area contributed by atoms with Gasteiger partial charge in [-0.3, -0.25) is 4.98 Å². The molecule has 0 saturated carbocycles. The van der Waals surface area contributed by atoms with Crippen LogP contribution in [0.25, 0.3) is 33.3 Å². The number of pyridine rings is 1. The van der Waals surface area contributed by atoms with Crippen molar-refractivity contribution in [1.29, 1.82) is 0 Å². The third-order valence-electron chi connectivity index (χ3n) is 3.65. The van der Waals surface area contributed by atoms with Crippen molar-refractivity contribution in [2.45, 2.75) is 0 Å². The molecule has 0 aliphatic carbocycles. The van der Waals surface area contributed by atoms with Crippen molar-refractivity contribution in [3.05, 3.63) is 73.3 Å². The van der Waals surface area contributed by atoms with Crippen molar-refractivity contribution in [1.82, 2.24) is 15.0 Å². The number of rotatable bonds is 2. The topological polar surface area (TPSA) is 41.6 Å². The van der Waals surface area contributed by atoms with Crippen LogP contribution in [0, 0.1) is 0 Å². The lowest BCUT2D eigenvalue weighted by molar-refractivity contribution is 1.30. The minimum atomic E-state index is 0.970. The molecule has 0 spiro atoms. The predicted molar refractivity (Wildman–Crippen MR) is 84.8 cm³/mol. The molecule has 2 aromatic carbocycles. The lowest BCUT2D eigenvalue weighted by Gasteiger charge is -2.07. The molecule has 0 bridgehead atoms. The lowest BCUT2D eigenvalue weighted by atomic mass is 9.99. The van der Waals surface area contributed by atoms with Crippen LogP contribution in [0.1, 0.15) is 0 Å². The molecule has 4 rings (SSSR count). The summed E-state index contributed by atoms with van der Waals surface area (Å²) < 4.78 is 0. The van der Waals surface area contributed by atoms with Crippen molar-refractivity contribution in [3.63, 3.8) is 0 Å². The molecule has 3 heteroatoms. The summed E-state index contributed by atoms with van der Waals surface area (Å²) in [5.41, 5.74) is 4.22. The Kier molecular flexibility index (Phi) is 2.75. The highest BCUT2D eigenvalue weighted by molar-refractivity contribution is 5.98. The first-order valence-corrected chi connectivity index (χ1v) is 6.85. The molecular weight excluding hydrogens is 258 g/mol. The molecular formula is C18H13N3. The number of imidazole rings is 1. The van der Waals surface area contributed by atoms with Gasteiger partial charge in [0.25, 0.3) is 0 Å². The zero-order chi connectivity index (χ0) is 14.1. The van der Waals surface area contributed by atoms with Gasteiger partial charge in [0.05, 0.1) is 17.7 Å². The van der Waals surface area contributed by atoms with E-state index in [4.69, 9.17) is 0 Å². The van der Waals surface area contributed by atoms with Gasteiger partial charge in [0.2, 0.25) is 0 Å². The minimum absolute atomic E-state index is 0.970. The molecule has 0 radical (unpaired) electrons. The number of hydrogen-bond acceptors (Lipinski definition) is 2. The molecule has 2 heterocycles. The summed E-state index contributed by atoms with van der Waals surface area (Å²) in [5, 5.41) is 2.43. The molecule has 0 amide bonds. The summed E-state index contributed by atoms with van der Waals surface area (Å²) in [6, 6.07) is 18.7. The number of fused-ring (bicyclic) bond motifs is 1. The fourth-order valence-electron chi connectivity index (χ4n) is 2.67. The number of H-pyrrole nitrogens is 1. The van der Waals surface area contributed by atoms with Crippen LogP contribution in [0.3, 0.4) is 0 Å². The molecule has 4 aromatic rings. The zero-order valence-corrected chi connectivity index (χ0v) is 11.3. The standard InChI is InChI=1S/C18H13N3/c1-2-6-15-13(4-1)5-3-7-16(15)18-17(20-12-21-18)14-8-10-19-11-9-14/h1-12H,(H,20,21). The van der Waals surface area contributed by atoms with Gasteiger partial charge in [0, 0.05) is 23.5 Å². The fraction of sp³-hybridized carbons (Fsp3) is 0. The largest absolute Gasteiger partial charge is 0.344 e. The molecule has 0 fully saturated rings. The van der Waals surface area contributed by atoms with Gasteiger partial charge in [0.15, 0.2) is 0 Å². The second-order valence-corrected chi connectivity index (χ2v) is 4.89. The molecule has 2 aromatic heterocycles. The Morgan fingerprint density at radius 2 is 1.62 bits per heavy atom. The van der Waals surface area contributed by atoms with E-state index < -0.39 is 0 Å². The Morgan fingerprint density at radius 3 is 2.52 bits per heavy atom. The van der Waals surface area contributed by atoms with Gasteiger partial charge in [-0.25, -0.2) is 4.98 Å². The number of benzene rings is 2. The first-order chi connectivity index (χ1) is 10.4. The Hall–Kier alpha value is -2.94. The van der Waals surface area contributed by atoms with Gasteiger partial charge in [-0.05, 0) is 22.9 Å². The highest BCUT2D eigenvalue weighted by Crippen LogP contribution is 2.33. The van der Waals surface area contributed by atoms with Crippen molar-refractivity contribution in [2.24, 2.45) is 0 Å². The minimum Gasteiger partial charge on any atom is -0.344 e. The van der Waals surface area contributed by atoms with Crippen LogP contribution in [-0.4, -0.2) is 15.0 Å². The smallest absolute Gasteiger partial charge is 0.0967 e. The molecule has 3 nitrogen and oxygen atoms in total. The normalized spacial score (nSPS) is 10.9. The molecule has 0 saturated heterocycles. The Bertz CT molecular complexity index is 889. The summed E-state index contributed by atoms with van der Waals surface area (Å²) >= 11 is 0. The van der Waals surface area contributed by atoms with E-state index in [2.05, 4.69) is 57.4 Å². The molecule has 0 aliphatic heterocycles. The van der Waals surface area contributed by atoms with Gasteiger partial charge in [-0.1, -0.05) is 42.5 Å². The van der Waals surface area contributed by atoms with Crippen LogP contribution in [0.5, 0.6) is 0 Å². The first-order valence-electron chi connectivity index (χ1n) is 6.85. The maximum Gasteiger partial charge on any atom is 0.0967 e. The monoisotopic (exact) mass is 271 g/mol. The predicted octanol–water partition coefficient (Wildman–Crippen LogP) is 4.29. The van der Waals surface area contributed by atoms with Crippen LogP contribution in [0.4, 0.5) is 0 Å². The third-order valence-corrected chi connectivity index (χ3v) is 3.65. The number of hydrogen-bond donors (Lipinski definition) is 1. The number of nitrogens with one attached hydrogen (secondary N) is 1. The van der Waals surface area contributed by atoms with Gasteiger partial charge in [-0.2, -0.15) is 0 Å². The fourth-order valence-corrected chi connectivity index (χ4v) is 2.67. The van der Waals surface area contributed by atoms with E-state index in [1.54, 1.807) is 18.7 Å². The highest BCUT2D eigenvalue weighted by Gasteiger charge is 2.12. The number of aromatic nitrogens is 3. The molecule has 100 valence electrons. The van der Waals surface area contributed by atoms with E-state index in [1.165, 1.54) is 10.8 Å². The van der Waals surface area contributed by atoms with E-state index in [1.807, 2.05) is 12.1 Å². The molecule has 0 atom stereocenters. The summed E-state index contributed by atoms with van der Waals surface area (Å²) in [7, 11) is 0. The van der Waals surface area contributed by atoms with Crippen molar-refractivity contribution in [3.8, 4) is 22.5 Å². The quantitative estimate of drug-likeness (QED) is 0.591. The Morgan fingerprint density at radius 1 is 0.810 bits per heavy atom. The average molecular weight is 271 g/mol. The van der Waals surface area contributed by atoms with E-state index in [0.717, 1.165) is 22.5 Å². The second-order valence-electron chi connectivity index (χ2n) is 4.89. The van der Waals surface area contributed by atoms with E-state index in [9.17, 15) is 0 Å². The summed E-state index contributed by atoms with van der Waals surface area (Å²) in [4.78, 5) is 11.9. The Balaban J connectivity index is 1.97. The SMILES string of the molecule is c1ccc2c(-c3nc[nH]c3-c3ccncc3)cccc2c1. The van der Waals surface area contributed by atoms with Crippen LogP contribution >= 0.6 is 0 Å². The number of aromatic amines is 1. The Labute approximate surface area is 122 Å². The maximum atomic E-state index is 4.54. The van der Waals surface area contributed by atoms with Crippen LogP contribution < -0.4 is 0 Å². The number of nitrogens with zero attached hydrogens (tertiary/aromatic N) is 2. The molecule has 0 aliphatic rings. The van der Waals surface area contributed by atoms with E-state index >= 15 is 0 Å². The van der Waals surface area contributed by atoms with Crippen LogP contribution in [0.2, 0.25) is 0 Å². The summed E-state index contributed by atoms with van der Waals surface area (Å²) in [6.45, 7) is 0. The summed E-state index contributed by atoms with van der Waals surface area (Å²) in [6.07, 6.45) is 5.33. The van der Waals surface area contributed by atoms with Gasteiger partial charge in [-0.15, -0.1) is 0 Å². The van der Waals surface area contributed by atoms with Crippen LogP contribution in [0.15, 0.2) is 73.3 Å². The molecule has 1 N–H and O–H groups in total. The highest BCUT2D eigenvalue weighted by atomic mass is 14.9. The molecule has 21 heavy (non-hydrogen) atoms. The second kappa shape index (κ2) is 4.87. The maximum absolute atomic E-state index is 4.54. The van der Waals surface area contributed by atoms with E-state index in [0.29, 0.717) is 0 Å². The lowest BCUT2D eigenvalue weighted by Crippen LogP contribution is -1.86. The van der Waals surface area contributed by atoms with Crippen LogP contribution in [-0.2, 0) is 0 Å². The third kappa shape index (κ3) is 1.99. The van der Waals surface area contributed by atoms with Gasteiger partial charge >= 0.3 is 0 Å². The zero-order valence-electron chi connectivity index (χ0n) is 11.3. The van der Waals surface area contributed by atoms with Crippen molar-refractivity contribution < 1.29 is 0 Å². The van der Waals surface area contributed by atoms with Gasteiger partial charge < -0.3 is 4.98 Å².